The van der Waals surface area contributed by atoms with Gasteiger partial charge in [-0.2, -0.15) is 17.4 Å². The van der Waals surface area contributed by atoms with Gasteiger partial charge in [0, 0.05) is 25.5 Å². The van der Waals surface area contributed by atoms with Crippen molar-refractivity contribution in [1.82, 2.24) is 9.03 Å². The Bertz CT molecular complexity index is 292. The molecule has 0 amide bonds. The average Bonchev–Trinajstić information content (AvgIpc) is 2.29. The molecule has 6 nitrogen and oxygen atoms in total. The Morgan fingerprint density at radius 3 is 2.62 bits per heavy atom. The van der Waals surface area contributed by atoms with Gasteiger partial charge in [0.1, 0.15) is 0 Å². The highest BCUT2D eigenvalue weighted by molar-refractivity contribution is 9.09. The lowest BCUT2D eigenvalue weighted by Gasteiger charge is -2.28. The van der Waals surface area contributed by atoms with Gasteiger partial charge in [-0.25, -0.2) is 0 Å². The standard InChI is InChI=1S/C8H17BrN2O4S/c1-14-7-8(6-9)10-16(12,13)11-2-4-15-5-3-11/h8,10H,2-7H2,1H3. The zero-order valence-corrected chi connectivity index (χ0v) is 11.6. The Morgan fingerprint density at radius 2 is 2.12 bits per heavy atom. The van der Waals surface area contributed by atoms with Gasteiger partial charge in [0.2, 0.25) is 0 Å². The molecular formula is C8H17BrN2O4S. The molecule has 16 heavy (non-hydrogen) atoms. The smallest absolute Gasteiger partial charge is 0.279 e. The molecule has 1 heterocycles. The Balaban J connectivity index is 2.54. The summed E-state index contributed by atoms with van der Waals surface area (Å²) in [6, 6.07) is -0.252. The van der Waals surface area contributed by atoms with Crippen molar-refractivity contribution in [3.05, 3.63) is 0 Å². The van der Waals surface area contributed by atoms with Crippen molar-refractivity contribution in [3.8, 4) is 0 Å². The summed E-state index contributed by atoms with van der Waals surface area (Å²) in [4.78, 5) is 0. The SMILES string of the molecule is COCC(CBr)NS(=O)(=O)N1CCOCC1. The van der Waals surface area contributed by atoms with Crippen molar-refractivity contribution in [1.29, 1.82) is 0 Å². The highest BCUT2D eigenvalue weighted by atomic mass is 79.9. The summed E-state index contributed by atoms with van der Waals surface area (Å²) in [6.07, 6.45) is 0. The van der Waals surface area contributed by atoms with Crippen LogP contribution in [0.25, 0.3) is 0 Å². The quantitative estimate of drug-likeness (QED) is 0.675. The number of nitrogens with zero attached hydrogens (tertiary/aromatic N) is 1. The second-order valence-electron chi connectivity index (χ2n) is 3.44. The maximum Gasteiger partial charge on any atom is 0.279 e. The summed E-state index contributed by atoms with van der Waals surface area (Å²) in [5.74, 6) is 0. The Kier molecular flexibility index (Phi) is 6.16. The molecule has 0 saturated carbocycles. The number of methoxy groups -OCH3 is 1. The summed E-state index contributed by atoms with van der Waals surface area (Å²) in [6.45, 7) is 2.04. The molecule has 1 aliphatic heterocycles. The van der Waals surface area contributed by atoms with Crippen LogP contribution in [0.15, 0.2) is 0 Å². The Morgan fingerprint density at radius 1 is 1.50 bits per heavy atom. The molecule has 96 valence electrons. The minimum atomic E-state index is -3.42. The van der Waals surface area contributed by atoms with Gasteiger partial charge in [-0.1, -0.05) is 15.9 Å². The van der Waals surface area contributed by atoms with Crippen molar-refractivity contribution >= 4 is 26.1 Å². The zero-order chi connectivity index (χ0) is 12.0. The van der Waals surface area contributed by atoms with Crippen LogP contribution < -0.4 is 4.72 Å². The fraction of sp³-hybridized carbons (Fsp3) is 1.00. The van der Waals surface area contributed by atoms with Gasteiger partial charge in [0.25, 0.3) is 10.2 Å². The third-order valence-corrected chi connectivity index (χ3v) is 4.64. The molecule has 0 aromatic rings. The maximum atomic E-state index is 11.9. The molecule has 0 spiro atoms. The van der Waals surface area contributed by atoms with Crippen LogP contribution in [-0.4, -0.2) is 64.1 Å². The second kappa shape index (κ2) is 6.87. The molecule has 0 bridgehead atoms. The van der Waals surface area contributed by atoms with E-state index in [2.05, 4.69) is 20.7 Å². The van der Waals surface area contributed by atoms with Gasteiger partial charge in [-0.05, 0) is 0 Å². The number of alkyl halides is 1. The lowest BCUT2D eigenvalue weighted by Crippen LogP contribution is -2.51. The molecule has 1 unspecified atom stereocenters. The van der Waals surface area contributed by atoms with Crippen LogP contribution >= 0.6 is 15.9 Å². The largest absolute Gasteiger partial charge is 0.383 e. The van der Waals surface area contributed by atoms with Crippen molar-refractivity contribution < 1.29 is 17.9 Å². The van der Waals surface area contributed by atoms with Crippen LogP contribution in [0.4, 0.5) is 0 Å². The molecule has 1 saturated heterocycles. The molecular weight excluding hydrogens is 300 g/mol. The molecule has 1 atom stereocenters. The summed E-state index contributed by atoms with van der Waals surface area (Å²) >= 11 is 3.24. The molecule has 0 radical (unpaired) electrons. The van der Waals surface area contributed by atoms with E-state index in [1.165, 1.54) is 4.31 Å². The van der Waals surface area contributed by atoms with E-state index < -0.39 is 10.2 Å². The molecule has 1 aliphatic rings. The molecule has 1 rings (SSSR count). The van der Waals surface area contributed by atoms with Gasteiger partial charge in [-0.15, -0.1) is 0 Å². The predicted molar refractivity (Wildman–Crippen MR) is 63.9 cm³/mol. The van der Waals surface area contributed by atoms with Crippen LogP contribution in [0, 0.1) is 0 Å². The first kappa shape index (κ1) is 14.3. The molecule has 0 aliphatic carbocycles. The summed E-state index contributed by atoms with van der Waals surface area (Å²) in [7, 11) is -1.88. The summed E-state index contributed by atoms with van der Waals surface area (Å²) in [5, 5.41) is 0.518. The molecule has 8 heteroatoms. The number of hydrogen-bond acceptors (Lipinski definition) is 4. The fourth-order valence-electron chi connectivity index (χ4n) is 1.38. The van der Waals surface area contributed by atoms with E-state index in [9.17, 15) is 8.42 Å². The zero-order valence-electron chi connectivity index (χ0n) is 9.19. The van der Waals surface area contributed by atoms with E-state index in [1.807, 2.05) is 0 Å². The Hall–Kier alpha value is 0.270. The van der Waals surface area contributed by atoms with E-state index >= 15 is 0 Å². The lowest BCUT2D eigenvalue weighted by atomic mass is 10.4. The van der Waals surface area contributed by atoms with Crippen molar-refractivity contribution in [2.24, 2.45) is 0 Å². The predicted octanol–water partition coefficient (Wildman–Crippen LogP) is -0.437. The van der Waals surface area contributed by atoms with E-state index in [4.69, 9.17) is 9.47 Å². The number of hydrogen-bond donors (Lipinski definition) is 1. The van der Waals surface area contributed by atoms with Crippen LogP contribution in [0.1, 0.15) is 0 Å². The second-order valence-corrected chi connectivity index (χ2v) is 5.79. The minimum absolute atomic E-state index is 0.252. The summed E-state index contributed by atoms with van der Waals surface area (Å²) < 4.78 is 37.8. The average molecular weight is 317 g/mol. The number of ether oxygens (including phenoxy) is 2. The van der Waals surface area contributed by atoms with Gasteiger partial charge >= 0.3 is 0 Å². The molecule has 0 aromatic carbocycles. The van der Waals surface area contributed by atoms with Crippen LogP contribution in [-0.2, 0) is 19.7 Å². The number of rotatable bonds is 6. The van der Waals surface area contributed by atoms with E-state index in [0.717, 1.165) is 0 Å². The van der Waals surface area contributed by atoms with E-state index in [0.29, 0.717) is 38.2 Å². The van der Waals surface area contributed by atoms with Crippen LogP contribution in [0.5, 0.6) is 0 Å². The van der Waals surface area contributed by atoms with Gasteiger partial charge in [0.05, 0.1) is 25.9 Å². The number of halogens is 1. The van der Waals surface area contributed by atoms with Crippen LogP contribution in [0.2, 0.25) is 0 Å². The first-order valence-corrected chi connectivity index (χ1v) is 7.56. The highest BCUT2D eigenvalue weighted by Gasteiger charge is 2.26. The lowest BCUT2D eigenvalue weighted by molar-refractivity contribution is 0.0720. The first-order chi connectivity index (χ1) is 7.60. The van der Waals surface area contributed by atoms with Crippen molar-refractivity contribution in [2.75, 3.05) is 45.4 Å². The highest BCUT2D eigenvalue weighted by Crippen LogP contribution is 2.05. The van der Waals surface area contributed by atoms with E-state index in [-0.39, 0.29) is 6.04 Å². The number of morpholine rings is 1. The number of nitrogens with one attached hydrogen (secondary N) is 1. The topological polar surface area (TPSA) is 67.9 Å². The van der Waals surface area contributed by atoms with Crippen LogP contribution in [0.3, 0.4) is 0 Å². The van der Waals surface area contributed by atoms with Gasteiger partial charge in [0.15, 0.2) is 0 Å². The van der Waals surface area contributed by atoms with Gasteiger partial charge < -0.3 is 9.47 Å². The fourth-order valence-corrected chi connectivity index (χ4v) is 3.30. The summed E-state index contributed by atoms with van der Waals surface area (Å²) in [5.41, 5.74) is 0. The molecule has 0 aromatic heterocycles. The molecule has 1 N–H and O–H groups in total. The monoisotopic (exact) mass is 316 g/mol. The normalized spacial score (nSPS) is 20.9. The Labute approximate surface area is 105 Å². The third-order valence-electron chi connectivity index (χ3n) is 2.18. The van der Waals surface area contributed by atoms with E-state index in [1.54, 1.807) is 7.11 Å². The van der Waals surface area contributed by atoms with Crippen molar-refractivity contribution in [2.45, 2.75) is 6.04 Å². The maximum absolute atomic E-state index is 11.9. The van der Waals surface area contributed by atoms with Gasteiger partial charge in [-0.3, -0.25) is 0 Å². The van der Waals surface area contributed by atoms with Crippen molar-refractivity contribution in [3.63, 3.8) is 0 Å². The first-order valence-electron chi connectivity index (χ1n) is 5.00. The third kappa shape index (κ3) is 4.27. The molecule has 1 fully saturated rings. The minimum Gasteiger partial charge on any atom is -0.383 e.